The van der Waals surface area contributed by atoms with E-state index >= 15 is 0 Å². The molecule has 1 rings (SSSR count). The number of benzene rings is 1. The molecule has 0 aliphatic heterocycles. The summed E-state index contributed by atoms with van der Waals surface area (Å²) < 4.78 is 31.4. The summed E-state index contributed by atoms with van der Waals surface area (Å²) >= 11 is 0. The van der Waals surface area contributed by atoms with Crippen molar-refractivity contribution in [3.8, 4) is 0 Å². The van der Waals surface area contributed by atoms with Gasteiger partial charge in [0.25, 0.3) is 10.1 Å². The van der Waals surface area contributed by atoms with Gasteiger partial charge in [-0.05, 0) is 12.0 Å². The molecule has 6 heteroatoms. The van der Waals surface area contributed by atoms with E-state index in [2.05, 4.69) is 6.58 Å². The van der Waals surface area contributed by atoms with Gasteiger partial charge in [-0.25, -0.2) is 0 Å². The second kappa shape index (κ2) is 5.11. The van der Waals surface area contributed by atoms with Crippen LogP contribution in [0.3, 0.4) is 0 Å². The molecule has 1 atom stereocenters. The number of nitrogens with two attached hydrogens (primary N) is 1. The van der Waals surface area contributed by atoms with E-state index in [4.69, 9.17) is 10.3 Å². The van der Waals surface area contributed by atoms with Crippen LogP contribution in [0.2, 0.25) is 0 Å². The summed E-state index contributed by atoms with van der Waals surface area (Å²) in [6, 6.07) is 8.60. The summed E-state index contributed by atoms with van der Waals surface area (Å²) in [5.41, 5.74) is 5.31. The highest BCUT2D eigenvalue weighted by Crippen LogP contribution is 2.15. The van der Waals surface area contributed by atoms with Gasteiger partial charge in [-0.3, -0.25) is 9.35 Å². The van der Waals surface area contributed by atoms with Crippen molar-refractivity contribution in [3.63, 3.8) is 0 Å². The van der Waals surface area contributed by atoms with Gasteiger partial charge in [-0.2, -0.15) is 8.42 Å². The van der Waals surface area contributed by atoms with Crippen LogP contribution < -0.4 is 5.73 Å². The third-order valence-corrected chi connectivity index (χ3v) is 3.50. The number of carbonyl (C=O) groups excluding carboxylic acids is 1. The summed E-state index contributed by atoms with van der Waals surface area (Å²) in [6.07, 6.45) is -0.0402. The summed E-state index contributed by atoms with van der Waals surface area (Å²) in [5.74, 6) is -0.941. The minimum atomic E-state index is -4.41. The van der Waals surface area contributed by atoms with Gasteiger partial charge >= 0.3 is 0 Å². The molecule has 1 aromatic carbocycles. The lowest BCUT2D eigenvalue weighted by Crippen LogP contribution is -2.31. The lowest BCUT2D eigenvalue weighted by atomic mass is 10.0. The molecule has 0 aromatic heterocycles. The molecule has 0 aliphatic carbocycles. The average molecular weight is 255 g/mol. The fourth-order valence-electron chi connectivity index (χ4n) is 1.40. The molecule has 1 unspecified atom stereocenters. The molecular formula is C11H13NO4S. The van der Waals surface area contributed by atoms with Gasteiger partial charge in [-0.15, -0.1) is 0 Å². The quantitative estimate of drug-likeness (QED) is 0.592. The minimum absolute atomic E-state index is 0.0402. The zero-order valence-corrected chi connectivity index (χ0v) is 9.85. The van der Waals surface area contributed by atoms with Crippen LogP contribution in [-0.4, -0.2) is 24.1 Å². The smallest absolute Gasteiger partial charge is 0.272 e. The van der Waals surface area contributed by atoms with Gasteiger partial charge in [0.15, 0.2) is 0 Å². The van der Waals surface area contributed by atoms with E-state index in [9.17, 15) is 13.2 Å². The summed E-state index contributed by atoms with van der Waals surface area (Å²) in [7, 11) is -4.41. The molecule has 92 valence electrons. The van der Waals surface area contributed by atoms with Crippen LogP contribution in [0.15, 0.2) is 42.5 Å². The first-order chi connectivity index (χ1) is 7.82. The third-order valence-electron chi connectivity index (χ3n) is 2.33. The Labute approximate surface area is 99.7 Å². The molecule has 17 heavy (non-hydrogen) atoms. The Kier molecular flexibility index (Phi) is 4.03. The maximum absolute atomic E-state index is 11.2. The largest absolute Gasteiger partial charge is 0.366 e. The minimum Gasteiger partial charge on any atom is -0.366 e. The van der Waals surface area contributed by atoms with Crippen molar-refractivity contribution in [1.82, 2.24) is 0 Å². The maximum atomic E-state index is 11.2. The predicted molar refractivity (Wildman–Crippen MR) is 63.8 cm³/mol. The maximum Gasteiger partial charge on any atom is 0.272 e. The molecule has 0 heterocycles. The van der Waals surface area contributed by atoms with Crippen LogP contribution in [0.25, 0.3) is 0 Å². The normalized spacial score (nSPS) is 13.0. The molecule has 0 saturated carbocycles. The van der Waals surface area contributed by atoms with E-state index in [1.54, 1.807) is 30.3 Å². The first-order valence-corrected chi connectivity index (χ1v) is 6.31. The Balaban J connectivity index is 3.02. The van der Waals surface area contributed by atoms with Crippen LogP contribution in [-0.2, 0) is 21.3 Å². The molecule has 3 N–H and O–H groups in total. The monoisotopic (exact) mass is 255 g/mol. The predicted octanol–water partition coefficient (Wildman–Crippen LogP) is 0.527. The van der Waals surface area contributed by atoms with E-state index < -0.39 is 21.3 Å². The second-order valence-corrected chi connectivity index (χ2v) is 5.18. The first-order valence-electron chi connectivity index (χ1n) is 4.81. The summed E-state index contributed by atoms with van der Waals surface area (Å²) in [6.45, 7) is 3.30. The first kappa shape index (κ1) is 13.4. The van der Waals surface area contributed by atoms with Gasteiger partial charge in [-0.1, -0.05) is 36.9 Å². The van der Waals surface area contributed by atoms with E-state index in [0.29, 0.717) is 5.56 Å². The Morgan fingerprint density at radius 3 is 2.29 bits per heavy atom. The van der Waals surface area contributed by atoms with Crippen molar-refractivity contribution in [2.75, 3.05) is 0 Å². The number of amides is 1. The highest BCUT2D eigenvalue weighted by atomic mass is 32.2. The van der Waals surface area contributed by atoms with E-state index in [1.807, 2.05) is 0 Å². The Morgan fingerprint density at radius 2 is 1.88 bits per heavy atom. The van der Waals surface area contributed by atoms with Crippen molar-refractivity contribution in [1.29, 1.82) is 0 Å². The van der Waals surface area contributed by atoms with Gasteiger partial charge < -0.3 is 5.73 Å². The third kappa shape index (κ3) is 3.69. The molecule has 0 bridgehead atoms. The Hall–Kier alpha value is -1.66. The SMILES string of the molecule is C=C(C(N)=O)C(Cc1ccccc1)S(=O)(=O)O. The summed E-state index contributed by atoms with van der Waals surface area (Å²) in [5, 5.41) is -1.40. The molecule has 0 fully saturated rings. The van der Waals surface area contributed by atoms with Crippen LogP contribution in [0.1, 0.15) is 5.56 Å². The van der Waals surface area contributed by atoms with E-state index in [-0.39, 0.29) is 12.0 Å². The molecule has 0 radical (unpaired) electrons. The van der Waals surface area contributed by atoms with Gasteiger partial charge in [0, 0.05) is 5.57 Å². The zero-order valence-electron chi connectivity index (χ0n) is 9.04. The van der Waals surface area contributed by atoms with E-state index in [0.717, 1.165) is 0 Å². The Morgan fingerprint density at radius 1 is 1.35 bits per heavy atom. The molecule has 1 aromatic rings. The molecule has 0 spiro atoms. The topological polar surface area (TPSA) is 97.5 Å². The van der Waals surface area contributed by atoms with Crippen LogP contribution in [0.5, 0.6) is 0 Å². The highest BCUT2D eigenvalue weighted by Gasteiger charge is 2.29. The number of primary amides is 1. The lowest BCUT2D eigenvalue weighted by molar-refractivity contribution is -0.114. The number of carbonyl (C=O) groups is 1. The van der Waals surface area contributed by atoms with Crippen LogP contribution >= 0.6 is 0 Å². The fourth-order valence-corrected chi connectivity index (χ4v) is 2.27. The molecule has 5 nitrogen and oxygen atoms in total. The van der Waals surface area contributed by atoms with Crippen LogP contribution in [0, 0.1) is 0 Å². The lowest BCUT2D eigenvalue weighted by Gasteiger charge is -2.14. The number of hydrogen-bond acceptors (Lipinski definition) is 3. The molecule has 1 amide bonds. The van der Waals surface area contributed by atoms with E-state index in [1.165, 1.54) is 0 Å². The van der Waals surface area contributed by atoms with Gasteiger partial charge in [0.2, 0.25) is 5.91 Å². The standard InChI is InChI=1S/C11H13NO4S/c1-8(11(12)13)10(17(14,15)16)7-9-5-3-2-4-6-9/h2-6,10H,1,7H2,(H2,12,13)(H,14,15,16). The molecular weight excluding hydrogens is 242 g/mol. The van der Waals surface area contributed by atoms with Crippen molar-refractivity contribution in [2.45, 2.75) is 11.7 Å². The van der Waals surface area contributed by atoms with Crippen molar-refractivity contribution in [3.05, 3.63) is 48.0 Å². The fraction of sp³-hybridized carbons (Fsp3) is 0.182. The number of hydrogen-bond donors (Lipinski definition) is 2. The van der Waals surface area contributed by atoms with Gasteiger partial charge in [0.05, 0.1) is 0 Å². The highest BCUT2D eigenvalue weighted by molar-refractivity contribution is 7.86. The second-order valence-electron chi connectivity index (χ2n) is 3.58. The summed E-state index contributed by atoms with van der Waals surface area (Å²) in [4.78, 5) is 10.9. The average Bonchev–Trinajstić information content (AvgIpc) is 2.24. The zero-order chi connectivity index (χ0) is 13.1. The number of rotatable bonds is 5. The molecule has 0 saturated heterocycles. The molecule has 0 aliphatic rings. The van der Waals surface area contributed by atoms with Crippen molar-refractivity contribution < 1.29 is 17.8 Å². The van der Waals surface area contributed by atoms with Gasteiger partial charge in [0.1, 0.15) is 5.25 Å². The van der Waals surface area contributed by atoms with Crippen molar-refractivity contribution >= 4 is 16.0 Å². The van der Waals surface area contributed by atoms with Crippen molar-refractivity contribution in [2.24, 2.45) is 5.73 Å². The van der Waals surface area contributed by atoms with Crippen LogP contribution in [0.4, 0.5) is 0 Å². The Bertz CT molecular complexity index is 522.